The van der Waals surface area contributed by atoms with E-state index in [2.05, 4.69) is 20.2 Å². The Morgan fingerprint density at radius 1 is 1.13 bits per heavy atom. The van der Waals surface area contributed by atoms with E-state index in [1.54, 1.807) is 35.0 Å². The molecule has 5 rings (SSSR count). The topological polar surface area (TPSA) is 79.7 Å². The van der Waals surface area contributed by atoms with Crippen LogP contribution in [-0.4, -0.2) is 54.6 Å². The number of hydrogen-bond donors (Lipinski definition) is 1. The quantitative estimate of drug-likeness (QED) is 0.540. The summed E-state index contributed by atoms with van der Waals surface area (Å²) in [5, 5.41) is 8.21. The number of hydrogen-bond acceptors (Lipinski definition) is 4. The van der Waals surface area contributed by atoms with Crippen LogP contribution in [0, 0.1) is 5.82 Å². The number of amides is 1. The smallest absolute Gasteiger partial charge is 0.255 e. The number of nitrogens with zero attached hydrogens (tertiary/aromatic N) is 5. The van der Waals surface area contributed by atoms with E-state index in [1.807, 2.05) is 0 Å². The summed E-state index contributed by atoms with van der Waals surface area (Å²) >= 11 is 0. The Balaban J connectivity index is 1.43. The highest BCUT2D eigenvalue weighted by Gasteiger charge is 2.35. The summed E-state index contributed by atoms with van der Waals surface area (Å²) in [5.74, 6) is -3.06. The van der Waals surface area contributed by atoms with Crippen molar-refractivity contribution in [1.29, 1.82) is 0 Å². The van der Waals surface area contributed by atoms with E-state index in [0.717, 1.165) is 0 Å². The molecule has 3 aromatic heterocycles. The number of H-pyrrole nitrogens is 1. The van der Waals surface area contributed by atoms with Crippen molar-refractivity contribution < 1.29 is 18.0 Å². The normalized spacial score (nSPS) is 16.0. The molecule has 0 spiro atoms. The molecule has 158 valence electrons. The molecule has 1 saturated heterocycles. The molecular weight excluding hydrogens is 409 g/mol. The third-order valence-electron chi connectivity index (χ3n) is 5.45. The molecule has 10 heteroatoms. The Hall–Kier alpha value is -3.69. The highest BCUT2D eigenvalue weighted by molar-refractivity contribution is 5.97. The van der Waals surface area contributed by atoms with E-state index in [9.17, 15) is 18.0 Å². The van der Waals surface area contributed by atoms with Gasteiger partial charge < -0.3 is 9.88 Å². The number of carbonyl (C=O) groups is 1. The number of nitrogens with one attached hydrogen (secondary N) is 1. The number of pyridine rings is 1. The van der Waals surface area contributed by atoms with Crippen LogP contribution >= 0.6 is 0 Å². The average molecular weight is 426 g/mol. The molecule has 7 nitrogen and oxygen atoms in total. The van der Waals surface area contributed by atoms with Crippen LogP contribution < -0.4 is 0 Å². The summed E-state index contributed by atoms with van der Waals surface area (Å²) in [6.07, 6.45) is 3.80. The summed E-state index contributed by atoms with van der Waals surface area (Å²) in [4.78, 5) is 21.3. The SMILES string of the molecule is O=C(c1cnc2c(ccn2-c2ccc(-c3nnc[nH]3)cc2F)c1)N1CCC(F)(F)CC1. The Kier molecular flexibility index (Phi) is 4.49. The molecule has 0 atom stereocenters. The van der Waals surface area contributed by atoms with E-state index in [0.29, 0.717) is 33.7 Å². The van der Waals surface area contributed by atoms with E-state index >= 15 is 0 Å². The molecule has 1 aliphatic heterocycles. The van der Waals surface area contributed by atoms with Gasteiger partial charge in [0.25, 0.3) is 11.8 Å². The van der Waals surface area contributed by atoms with Gasteiger partial charge in [-0.25, -0.2) is 18.2 Å². The Morgan fingerprint density at radius 3 is 2.65 bits per heavy atom. The molecule has 1 fully saturated rings. The van der Waals surface area contributed by atoms with Crippen LogP contribution in [0.25, 0.3) is 28.1 Å². The third kappa shape index (κ3) is 3.54. The molecule has 0 aliphatic carbocycles. The lowest BCUT2D eigenvalue weighted by atomic mass is 10.1. The van der Waals surface area contributed by atoms with Crippen molar-refractivity contribution in [2.45, 2.75) is 18.8 Å². The lowest BCUT2D eigenvalue weighted by Gasteiger charge is -2.31. The number of fused-ring (bicyclic) bond motifs is 1. The Bertz CT molecular complexity index is 1260. The number of aromatic nitrogens is 5. The van der Waals surface area contributed by atoms with Crippen molar-refractivity contribution in [3.8, 4) is 17.1 Å². The Labute approximate surface area is 174 Å². The fourth-order valence-corrected chi connectivity index (χ4v) is 3.75. The predicted octanol–water partition coefficient (Wildman–Crippen LogP) is 3.82. The van der Waals surface area contributed by atoms with Crippen LogP contribution in [-0.2, 0) is 0 Å². The first kappa shape index (κ1) is 19.3. The first-order valence-electron chi connectivity index (χ1n) is 9.72. The molecule has 1 aliphatic rings. The Morgan fingerprint density at radius 2 is 1.94 bits per heavy atom. The van der Waals surface area contributed by atoms with Gasteiger partial charge in [0.15, 0.2) is 5.82 Å². The van der Waals surface area contributed by atoms with Gasteiger partial charge in [0.05, 0.1) is 11.3 Å². The van der Waals surface area contributed by atoms with Gasteiger partial charge in [0.2, 0.25) is 0 Å². The standard InChI is InChI=1S/C21H17F3N6O/c22-16-10-13(18-26-12-27-28-18)1-2-17(16)30-6-3-14-9-15(11-25-19(14)30)20(31)29-7-4-21(23,24)5-8-29/h1-3,6,9-12H,4-5,7-8H2,(H,26,27,28). The van der Waals surface area contributed by atoms with Crippen LogP contribution in [0.4, 0.5) is 13.2 Å². The zero-order valence-electron chi connectivity index (χ0n) is 16.2. The molecule has 1 amide bonds. The molecule has 1 aromatic carbocycles. The predicted molar refractivity (Wildman–Crippen MR) is 106 cm³/mol. The van der Waals surface area contributed by atoms with E-state index in [4.69, 9.17) is 0 Å². The molecule has 31 heavy (non-hydrogen) atoms. The van der Waals surface area contributed by atoms with Crippen molar-refractivity contribution in [3.05, 3.63) is 60.4 Å². The number of aromatic amines is 1. The number of alkyl halides is 2. The average Bonchev–Trinajstić information content (AvgIpc) is 3.43. The molecule has 0 saturated carbocycles. The summed E-state index contributed by atoms with van der Waals surface area (Å²) in [5.41, 5.74) is 1.65. The second-order valence-corrected chi connectivity index (χ2v) is 7.47. The van der Waals surface area contributed by atoms with E-state index in [1.165, 1.54) is 23.5 Å². The molecule has 0 radical (unpaired) electrons. The minimum atomic E-state index is -2.72. The fourth-order valence-electron chi connectivity index (χ4n) is 3.75. The molecule has 4 heterocycles. The largest absolute Gasteiger partial charge is 0.338 e. The highest BCUT2D eigenvalue weighted by Crippen LogP contribution is 2.29. The highest BCUT2D eigenvalue weighted by atomic mass is 19.3. The lowest BCUT2D eigenvalue weighted by Crippen LogP contribution is -2.42. The lowest BCUT2D eigenvalue weighted by molar-refractivity contribution is -0.0494. The summed E-state index contributed by atoms with van der Waals surface area (Å²) in [7, 11) is 0. The van der Waals surface area contributed by atoms with Crippen LogP contribution in [0.3, 0.4) is 0 Å². The zero-order valence-corrected chi connectivity index (χ0v) is 16.2. The van der Waals surface area contributed by atoms with Crippen LogP contribution in [0.15, 0.2) is 49.1 Å². The summed E-state index contributed by atoms with van der Waals surface area (Å²) in [6, 6.07) is 8.06. The van der Waals surface area contributed by atoms with Gasteiger partial charge in [0.1, 0.15) is 17.8 Å². The van der Waals surface area contributed by atoms with E-state index < -0.39 is 11.7 Å². The monoisotopic (exact) mass is 426 g/mol. The van der Waals surface area contributed by atoms with Crippen molar-refractivity contribution in [2.75, 3.05) is 13.1 Å². The first-order valence-corrected chi connectivity index (χ1v) is 9.72. The second-order valence-electron chi connectivity index (χ2n) is 7.47. The second kappa shape index (κ2) is 7.22. The number of halogens is 3. The molecule has 0 unspecified atom stereocenters. The van der Waals surface area contributed by atoms with Crippen LogP contribution in [0.1, 0.15) is 23.2 Å². The number of piperidine rings is 1. The van der Waals surface area contributed by atoms with Crippen molar-refractivity contribution >= 4 is 16.9 Å². The van der Waals surface area contributed by atoms with Gasteiger partial charge in [-0.3, -0.25) is 9.36 Å². The van der Waals surface area contributed by atoms with Crippen molar-refractivity contribution in [2.24, 2.45) is 0 Å². The fraction of sp³-hybridized carbons (Fsp3) is 0.238. The first-order chi connectivity index (χ1) is 14.9. The number of carbonyl (C=O) groups excluding carboxylic acids is 1. The maximum atomic E-state index is 14.8. The molecule has 4 aromatic rings. The van der Waals surface area contributed by atoms with Crippen LogP contribution in [0.5, 0.6) is 0 Å². The summed E-state index contributed by atoms with van der Waals surface area (Å²) in [6.45, 7) is 0.0151. The van der Waals surface area contributed by atoms with Gasteiger partial charge in [-0.2, -0.15) is 0 Å². The van der Waals surface area contributed by atoms with Gasteiger partial charge >= 0.3 is 0 Å². The molecule has 0 bridgehead atoms. The minimum absolute atomic E-state index is 0.00757. The van der Waals surface area contributed by atoms with Crippen LogP contribution in [0.2, 0.25) is 0 Å². The number of rotatable bonds is 3. The number of benzene rings is 1. The van der Waals surface area contributed by atoms with Crippen molar-refractivity contribution in [3.63, 3.8) is 0 Å². The minimum Gasteiger partial charge on any atom is -0.338 e. The maximum absolute atomic E-state index is 14.8. The summed E-state index contributed by atoms with van der Waals surface area (Å²) < 4.78 is 43.1. The molecular formula is C21H17F3N6O. The van der Waals surface area contributed by atoms with Crippen molar-refractivity contribution in [1.82, 2.24) is 29.6 Å². The van der Waals surface area contributed by atoms with Gasteiger partial charge in [-0.15, -0.1) is 10.2 Å². The zero-order chi connectivity index (χ0) is 21.6. The van der Waals surface area contributed by atoms with Gasteiger partial charge in [-0.1, -0.05) is 0 Å². The maximum Gasteiger partial charge on any atom is 0.255 e. The van der Waals surface area contributed by atoms with Gasteiger partial charge in [0, 0.05) is 49.3 Å². The van der Waals surface area contributed by atoms with Gasteiger partial charge in [-0.05, 0) is 30.3 Å². The van der Waals surface area contributed by atoms with E-state index in [-0.39, 0.29) is 31.8 Å². The third-order valence-corrected chi connectivity index (χ3v) is 5.45. The number of likely N-dealkylation sites (tertiary alicyclic amines) is 1. The molecule has 1 N–H and O–H groups in total.